The van der Waals surface area contributed by atoms with E-state index in [1.165, 1.54) is 63.2 Å². The monoisotopic (exact) mass is 896 g/mol. The summed E-state index contributed by atoms with van der Waals surface area (Å²) in [5.41, 5.74) is 11.9. The van der Waals surface area contributed by atoms with Gasteiger partial charge in [0, 0.05) is 35.2 Å². The van der Waals surface area contributed by atoms with E-state index in [-0.39, 0.29) is 59.7 Å². The van der Waals surface area contributed by atoms with Crippen molar-refractivity contribution in [1.82, 2.24) is 20.3 Å². The number of allylic oxidation sites excluding steroid dienone is 3. The van der Waals surface area contributed by atoms with Crippen molar-refractivity contribution in [3.63, 3.8) is 0 Å². The van der Waals surface area contributed by atoms with Gasteiger partial charge in [0.1, 0.15) is 12.5 Å². The van der Waals surface area contributed by atoms with Crippen molar-refractivity contribution in [3.8, 4) is 0 Å². The summed E-state index contributed by atoms with van der Waals surface area (Å²) in [5, 5.41) is 5.38. The summed E-state index contributed by atoms with van der Waals surface area (Å²) in [7, 11) is 1.31. The van der Waals surface area contributed by atoms with Crippen LogP contribution in [0.3, 0.4) is 0 Å². The second-order valence-electron chi connectivity index (χ2n) is 19.7. The second kappa shape index (κ2) is 23.1. The number of nitrogens with zero attached hydrogens (tertiary/aromatic N) is 3. The van der Waals surface area contributed by atoms with Crippen LogP contribution in [0.4, 0.5) is 0 Å². The summed E-state index contributed by atoms with van der Waals surface area (Å²) in [5.74, 6) is -0.409. The Hall–Kier alpha value is -4.02. The summed E-state index contributed by atoms with van der Waals surface area (Å²) < 4.78 is 11.1. The van der Waals surface area contributed by atoms with Crippen LogP contribution in [-0.4, -0.2) is 54.5 Å². The zero-order chi connectivity index (χ0) is 46.4. The molecule has 5 atom stereocenters. The molecular formula is C55H75MgN4O5-. The molecule has 8 bridgehead atoms. The van der Waals surface area contributed by atoms with Crippen LogP contribution in [0, 0.1) is 56.3 Å². The van der Waals surface area contributed by atoms with Gasteiger partial charge in [-0.2, -0.15) is 0 Å². The quantitative estimate of drug-likeness (QED) is 0.0512. The first-order valence-corrected chi connectivity index (χ1v) is 24.4. The number of carbonyl (C=O) groups is 3. The zero-order valence-corrected chi connectivity index (χ0v) is 43.2. The number of fused-ring (bicyclic) bond motifs is 7. The molecule has 0 spiro atoms. The minimum absolute atomic E-state index is 0. The van der Waals surface area contributed by atoms with Crippen LogP contribution in [0.1, 0.15) is 187 Å². The molecule has 0 saturated carbocycles. The fourth-order valence-corrected chi connectivity index (χ4v) is 10.4. The Labute approximate surface area is 405 Å². The van der Waals surface area contributed by atoms with E-state index >= 15 is 0 Å². The molecule has 1 fully saturated rings. The third-order valence-electron chi connectivity index (χ3n) is 14.5. The van der Waals surface area contributed by atoms with Gasteiger partial charge >= 0.3 is 35.0 Å². The maximum Gasteiger partial charge on any atom is 2.00 e. The van der Waals surface area contributed by atoms with Gasteiger partial charge in [-0.25, -0.2) is 0 Å². The number of hydrogen-bond acceptors (Lipinski definition) is 6. The zero-order valence-electron chi connectivity index (χ0n) is 41.8. The molecule has 65 heavy (non-hydrogen) atoms. The number of methoxy groups -OCH3 is 1. The van der Waals surface area contributed by atoms with E-state index in [2.05, 4.69) is 86.7 Å². The van der Waals surface area contributed by atoms with E-state index < -0.39 is 11.9 Å². The normalized spacial score (nSPS) is 21.7. The molecule has 5 heterocycles. The van der Waals surface area contributed by atoms with Crippen LogP contribution in [0.2, 0.25) is 0 Å². The minimum atomic E-state index is -1.18. The first-order chi connectivity index (χ1) is 30.6. The summed E-state index contributed by atoms with van der Waals surface area (Å²) in [4.78, 5) is 56.8. The molecule has 0 aromatic carbocycles. The molecule has 2 aliphatic heterocycles. The van der Waals surface area contributed by atoms with Crippen LogP contribution < -0.4 is 31.0 Å². The average Bonchev–Trinajstić information content (AvgIpc) is 3.99. The number of carbonyl (C=O) groups excluding carboxylic acids is 3. The van der Waals surface area contributed by atoms with Crippen molar-refractivity contribution in [2.24, 2.45) is 35.5 Å². The van der Waals surface area contributed by atoms with Crippen LogP contribution in [0.5, 0.6) is 0 Å². The maximum absolute atomic E-state index is 14.4. The minimum Gasteiger partial charge on any atom is -0.657 e. The third kappa shape index (κ3) is 11.8. The van der Waals surface area contributed by atoms with Gasteiger partial charge in [0.15, 0.2) is 5.78 Å². The number of rotatable bonds is 20. The molecule has 0 amide bonds. The van der Waals surface area contributed by atoms with Gasteiger partial charge < -0.3 is 29.7 Å². The maximum atomic E-state index is 14.4. The summed E-state index contributed by atoms with van der Waals surface area (Å²) in [6.07, 6.45) is 21.7. The van der Waals surface area contributed by atoms with E-state index in [0.717, 1.165) is 93.6 Å². The van der Waals surface area contributed by atoms with Gasteiger partial charge in [-0.3, -0.25) is 14.4 Å². The van der Waals surface area contributed by atoms with Crippen molar-refractivity contribution in [3.05, 3.63) is 89.9 Å². The predicted molar refractivity (Wildman–Crippen MR) is 264 cm³/mol. The van der Waals surface area contributed by atoms with Crippen LogP contribution in [0.25, 0.3) is 23.8 Å². The molecule has 1 aliphatic carbocycles. The molecular weight excluding hydrogens is 821 g/mol. The summed E-state index contributed by atoms with van der Waals surface area (Å²) in [6, 6.07) is 0. The Morgan fingerprint density at radius 3 is 2.06 bits per heavy atom. The van der Waals surface area contributed by atoms with Crippen LogP contribution in [0.15, 0.2) is 23.0 Å². The van der Waals surface area contributed by atoms with Crippen LogP contribution in [-0.2, 0) is 31.9 Å². The van der Waals surface area contributed by atoms with E-state index in [0.29, 0.717) is 34.5 Å². The molecule has 5 unspecified atom stereocenters. The number of ether oxygens (including phenoxy) is 2. The Balaban J connectivity index is 0.00000793. The first-order valence-electron chi connectivity index (χ1n) is 24.4. The number of nitrogens with one attached hydrogen (secondary N) is 1. The fraction of sp³-hybridized carbons (Fsp3) is 0.582. The van der Waals surface area contributed by atoms with E-state index in [4.69, 9.17) is 24.4 Å². The van der Waals surface area contributed by atoms with Gasteiger partial charge in [-0.05, 0) is 89.2 Å². The SMILES string of the molecule is CCc1c2[n-]c(c1C)/C=C1\N/C(=C3\c4[n-]c(c(C)c4C(=O)C3C(=O)OC)/C=c3\[n-]/c(c(C)c3CC)=C\2)C(CCC(=O)OC/C=C(\C)CCCC(C)CCCC(C)CCCC(C)C)C1C.[Mg+2]. The standard InChI is InChI=1S/C55H76N4O5.Mg/c1-13-39-35(8)42-28-44-37(10)41(24-25-48(60)64-27-26-34(7)23-17-22-33(6)21-16-20-32(5)19-15-18-31(3)4)52(58-44)50-51(55(62)63-12)54(61)49-38(11)45(59-53(49)50)30-47-40(14-2)36(9)43(57-47)29-46(39)56-42;/h26,28-33,37,41,51H,13-25,27H2,1-12H3,(H2,58,59,61);/q-2;+2/p-1/b34-26+,43-29-,44-28-,47-30-;. The van der Waals surface area contributed by atoms with Crippen molar-refractivity contribution < 1.29 is 23.9 Å². The van der Waals surface area contributed by atoms with Gasteiger partial charge in [0.05, 0.1) is 7.11 Å². The molecule has 1 saturated heterocycles. The topological polar surface area (TPSA) is 124 Å². The average molecular weight is 897 g/mol. The largest absolute Gasteiger partial charge is 2.00 e. The molecule has 9 nitrogen and oxygen atoms in total. The molecule has 3 aliphatic rings. The number of aromatic nitrogens is 3. The van der Waals surface area contributed by atoms with Gasteiger partial charge in [-0.1, -0.05) is 145 Å². The number of ketones is 1. The van der Waals surface area contributed by atoms with Crippen molar-refractivity contribution in [2.45, 2.75) is 160 Å². The van der Waals surface area contributed by atoms with E-state index in [9.17, 15) is 14.4 Å². The summed E-state index contributed by atoms with van der Waals surface area (Å²) >= 11 is 0. The Morgan fingerprint density at radius 1 is 0.785 bits per heavy atom. The summed E-state index contributed by atoms with van der Waals surface area (Å²) in [6.45, 7) is 24.3. The number of esters is 2. The molecule has 348 valence electrons. The molecule has 3 aromatic heterocycles. The second-order valence-corrected chi connectivity index (χ2v) is 19.7. The van der Waals surface area contributed by atoms with Crippen molar-refractivity contribution >= 4 is 64.6 Å². The van der Waals surface area contributed by atoms with Gasteiger partial charge in [0.25, 0.3) is 0 Å². The van der Waals surface area contributed by atoms with E-state index in [1.54, 1.807) is 0 Å². The molecule has 0 radical (unpaired) electrons. The molecule has 6 rings (SSSR count). The number of hydrogen-bond donors (Lipinski definition) is 1. The fourth-order valence-electron chi connectivity index (χ4n) is 10.4. The Morgan fingerprint density at radius 2 is 1.42 bits per heavy atom. The molecule has 3 aromatic rings. The van der Waals surface area contributed by atoms with Gasteiger partial charge in [0.2, 0.25) is 0 Å². The predicted octanol–water partition coefficient (Wildman–Crippen LogP) is 9.50. The van der Waals surface area contributed by atoms with Crippen molar-refractivity contribution in [2.75, 3.05) is 13.7 Å². The van der Waals surface area contributed by atoms with Crippen molar-refractivity contribution in [1.29, 1.82) is 0 Å². The Bertz CT molecular complexity index is 2420. The smallest absolute Gasteiger partial charge is 0.657 e. The number of Topliss-reactive ketones (excluding diaryl/α,β-unsaturated/α-hetero) is 1. The van der Waals surface area contributed by atoms with Gasteiger partial charge in [-0.15, -0.1) is 33.5 Å². The molecule has 1 N–H and O–H groups in total. The first kappa shape index (κ1) is 52.0. The van der Waals surface area contributed by atoms with E-state index in [1.807, 2.05) is 19.1 Å². The van der Waals surface area contributed by atoms with Crippen LogP contribution >= 0.6 is 0 Å². The third-order valence-corrected chi connectivity index (χ3v) is 14.5. The molecule has 10 heteroatoms. The Kier molecular flexibility index (Phi) is 18.5.